The lowest BCUT2D eigenvalue weighted by molar-refractivity contribution is -0.386. The van der Waals surface area contributed by atoms with Crippen LogP contribution in [-0.4, -0.2) is 23.8 Å². The normalized spacial score (nSPS) is 11.5. The summed E-state index contributed by atoms with van der Waals surface area (Å²) in [5.74, 6) is -0.463. The summed E-state index contributed by atoms with van der Waals surface area (Å²) in [4.78, 5) is 37.4. The van der Waals surface area contributed by atoms with Crippen LogP contribution in [0.4, 0.5) is 10.1 Å². The van der Waals surface area contributed by atoms with E-state index >= 15 is 0 Å². The Labute approximate surface area is 183 Å². The summed E-state index contributed by atoms with van der Waals surface area (Å²) >= 11 is 0. The number of halogens is 1. The predicted octanol–water partition coefficient (Wildman–Crippen LogP) is 3.28. The first kappa shape index (κ1) is 23.1. The third-order valence-corrected chi connectivity index (χ3v) is 4.88. The molecule has 32 heavy (non-hydrogen) atoms. The molecule has 0 aliphatic rings. The first-order chi connectivity index (χ1) is 15.1. The summed E-state index contributed by atoms with van der Waals surface area (Å²) in [5.41, 5.74) is -1.65. The van der Waals surface area contributed by atoms with Crippen molar-refractivity contribution >= 4 is 5.69 Å². The van der Waals surface area contributed by atoms with Gasteiger partial charge in [0.1, 0.15) is 11.5 Å². The van der Waals surface area contributed by atoms with Gasteiger partial charge >= 0.3 is 16.9 Å². The highest BCUT2D eigenvalue weighted by molar-refractivity contribution is 5.68. The lowest BCUT2D eigenvalue weighted by Crippen LogP contribution is -2.43. The Hall–Kier alpha value is -3.56. The minimum Gasteiger partial charge on any atom is -0.287 e. The molecule has 2 aromatic heterocycles. The number of nitrogens with zero attached hydrogens (tertiary/aromatic N) is 5. The molecule has 0 aliphatic heterocycles. The summed E-state index contributed by atoms with van der Waals surface area (Å²) in [6.45, 7) is 7.76. The van der Waals surface area contributed by atoms with Gasteiger partial charge in [-0.15, -0.1) is 0 Å². The van der Waals surface area contributed by atoms with Crippen LogP contribution in [0, 0.1) is 27.8 Å². The smallest absolute Gasteiger partial charge is 0.287 e. The van der Waals surface area contributed by atoms with Crippen molar-refractivity contribution in [3.05, 3.63) is 79.0 Å². The van der Waals surface area contributed by atoms with Crippen molar-refractivity contribution in [1.29, 1.82) is 0 Å². The maximum atomic E-state index is 14.0. The van der Waals surface area contributed by atoms with Gasteiger partial charge in [0.2, 0.25) is 0 Å². The third-order valence-electron chi connectivity index (χ3n) is 4.88. The molecule has 0 unspecified atom stereocenters. The maximum absolute atomic E-state index is 14.0. The van der Waals surface area contributed by atoms with Gasteiger partial charge in [-0.1, -0.05) is 45.9 Å². The van der Waals surface area contributed by atoms with Crippen molar-refractivity contribution in [3.8, 4) is 11.3 Å². The van der Waals surface area contributed by atoms with E-state index in [0.717, 1.165) is 4.57 Å². The van der Waals surface area contributed by atoms with E-state index < -0.39 is 27.7 Å². The second-order valence-electron chi connectivity index (χ2n) is 8.57. The van der Waals surface area contributed by atoms with Gasteiger partial charge in [-0.25, -0.2) is 9.18 Å². The highest BCUT2D eigenvalue weighted by Crippen LogP contribution is 2.26. The number of rotatable bonds is 8. The van der Waals surface area contributed by atoms with Crippen LogP contribution >= 0.6 is 0 Å². The SMILES string of the molecule is CC(C)Cn1c(-c2cnn(Cc3ccccc3F)c2)c([N+](=O)[O-])c(=O)n(CC(C)C)c1=O. The topological polar surface area (TPSA) is 105 Å². The van der Waals surface area contributed by atoms with Crippen LogP contribution < -0.4 is 11.2 Å². The van der Waals surface area contributed by atoms with E-state index in [4.69, 9.17) is 0 Å². The largest absolute Gasteiger partial charge is 0.358 e. The first-order valence-corrected chi connectivity index (χ1v) is 10.4. The van der Waals surface area contributed by atoms with Gasteiger partial charge in [-0.3, -0.25) is 28.7 Å². The van der Waals surface area contributed by atoms with Gasteiger partial charge in [0.05, 0.1) is 17.7 Å². The molecule has 9 nitrogen and oxygen atoms in total. The number of benzene rings is 1. The highest BCUT2D eigenvalue weighted by Gasteiger charge is 2.30. The molecule has 0 radical (unpaired) electrons. The van der Waals surface area contributed by atoms with E-state index in [0.29, 0.717) is 5.56 Å². The maximum Gasteiger partial charge on any atom is 0.358 e. The summed E-state index contributed by atoms with van der Waals surface area (Å²) in [7, 11) is 0. The third kappa shape index (κ3) is 4.68. The van der Waals surface area contributed by atoms with E-state index in [-0.39, 0.29) is 42.7 Å². The Bertz CT molecular complexity index is 1260. The Morgan fingerprint density at radius 2 is 1.69 bits per heavy atom. The summed E-state index contributed by atoms with van der Waals surface area (Å²) in [6, 6.07) is 6.22. The average Bonchev–Trinajstić information content (AvgIpc) is 3.16. The van der Waals surface area contributed by atoms with Gasteiger partial charge < -0.3 is 0 Å². The minimum atomic E-state index is -0.939. The summed E-state index contributed by atoms with van der Waals surface area (Å²) in [5, 5.41) is 16.1. The van der Waals surface area contributed by atoms with Crippen molar-refractivity contribution in [2.45, 2.75) is 47.3 Å². The van der Waals surface area contributed by atoms with Gasteiger partial charge in [0, 0.05) is 30.4 Å². The molecule has 0 N–H and O–H groups in total. The van der Waals surface area contributed by atoms with Crippen molar-refractivity contribution in [2.24, 2.45) is 11.8 Å². The molecular weight excluding hydrogens is 417 g/mol. The minimum absolute atomic E-state index is 0.00971. The molecule has 3 rings (SSSR count). The molecule has 0 amide bonds. The number of aromatic nitrogens is 4. The summed E-state index contributed by atoms with van der Waals surface area (Å²) < 4.78 is 17.6. The fourth-order valence-corrected chi connectivity index (χ4v) is 3.58. The van der Waals surface area contributed by atoms with Gasteiger partial charge in [-0.2, -0.15) is 5.10 Å². The lowest BCUT2D eigenvalue weighted by Gasteiger charge is -2.17. The summed E-state index contributed by atoms with van der Waals surface area (Å²) in [6.07, 6.45) is 2.84. The average molecular weight is 443 g/mol. The first-order valence-electron chi connectivity index (χ1n) is 10.4. The molecule has 3 aromatic rings. The Morgan fingerprint density at radius 3 is 2.28 bits per heavy atom. The van der Waals surface area contributed by atoms with Gasteiger partial charge in [0.15, 0.2) is 0 Å². The zero-order chi connectivity index (χ0) is 23.6. The lowest BCUT2D eigenvalue weighted by atomic mass is 10.1. The molecule has 10 heteroatoms. The second kappa shape index (κ2) is 9.29. The number of hydrogen-bond acceptors (Lipinski definition) is 5. The molecule has 0 fully saturated rings. The molecule has 0 atom stereocenters. The molecule has 2 heterocycles. The van der Waals surface area contributed by atoms with Crippen LogP contribution in [0.25, 0.3) is 11.3 Å². The van der Waals surface area contributed by atoms with Crippen LogP contribution in [0.5, 0.6) is 0 Å². The van der Waals surface area contributed by atoms with E-state index in [1.54, 1.807) is 18.2 Å². The fourth-order valence-electron chi connectivity index (χ4n) is 3.58. The van der Waals surface area contributed by atoms with Crippen molar-refractivity contribution in [1.82, 2.24) is 18.9 Å². The zero-order valence-corrected chi connectivity index (χ0v) is 18.5. The zero-order valence-electron chi connectivity index (χ0n) is 18.5. The van der Waals surface area contributed by atoms with E-state index in [2.05, 4.69) is 5.10 Å². The standard InChI is InChI=1S/C22H26FN5O4/c1-14(2)10-26-19(20(28(31)32)21(29)27(22(26)30)11-15(3)4)17-9-24-25(13-17)12-16-7-5-6-8-18(16)23/h5-9,13-15H,10-12H2,1-4H3. The van der Waals surface area contributed by atoms with Gasteiger partial charge in [0.25, 0.3) is 0 Å². The molecule has 0 aliphatic carbocycles. The molecule has 0 saturated carbocycles. The Balaban J connectivity index is 2.22. The van der Waals surface area contributed by atoms with Crippen LogP contribution in [0.3, 0.4) is 0 Å². The predicted molar refractivity (Wildman–Crippen MR) is 118 cm³/mol. The van der Waals surface area contributed by atoms with Crippen LogP contribution in [0.2, 0.25) is 0 Å². The molecule has 170 valence electrons. The van der Waals surface area contributed by atoms with Crippen LogP contribution in [0.1, 0.15) is 33.3 Å². The Kier molecular flexibility index (Phi) is 6.71. The van der Waals surface area contributed by atoms with E-state index in [9.17, 15) is 24.1 Å². The van der Waals surface area contributed by atoms with Crippen molar-refractivity contribution < 1.29 is 9.31 Å². The Morgan fingerprint density at radius 1 is 1.06 bits per heavy atom. The van der Waals surface area contributed by atoms with Crippen LogP contribution in [-0.2, 0) is 19.6 Å². The molecule has 1 aromatic carbocycles. The molecule has 0 saturated heterocycles. The van der Waals surface area contributed by atoms with Gasteiger partial charge in [-0.05, 0) is 17.9 Å². The molecule has 0 bridgehead atoms. The van der Waals surface area contributed by atoms with Crippen molar-refractivity contribution in [2.75, 3.05) is 0 Å². The molecule has 0 spiro atoms. The van der Waals surface area contributed by atoms with E-state index in [1.807, 2.05) is 27.7 Å². The van der Waals surface area contributed by atoms with E-state index in [1.165, 1.54) is 27.7 Å². The van der Waals surface area contributed by atoms with Crippen LogP contribution in [0.15, 0.2) is 46.2 Å². The fraction of sp³-hybridized carbons (Fsp3) is 0.409. The quantitative estimate of drug-likeness (QED) is 0.392. The molecular formula is C22H26FN5O4. The number of hydrogen-bond donors (Lipinski definition) is 0. The monoisotopic (exact) mass is 443 g/mol. The second-order valence-corrected chi connectivity index (χ2v) is 8.57. The highest BCUT2D eigenvalue weighted by atomic mass is 19.1. The number of nitro groups is 1. The van der Waals surface area contributed by atoms with Crippen molar-refractivity contribution in [3.63, 3.8) is 0 Å².